The molecule has 0 aromatic heterocycles. The molecule has 0 aliphatic carbocycles. The molecule has 0 radical (unpaired) electrons. The maximum atomic E-state index is 6.30. The predicted octanol–water partition coefficient (Wildman–Crippen LogP) is 8.19. The summed E-state index contributed by atoms with van der Waals surface area (Å²) in [5, 5.41) is 0. The second-order valence-corrected chi connectivity index (χ2v) is 11.5. The van der Waals surface area contributed by atoms with Crippen LogP contribution < -0.4 is 0 Å². The molecule has 0 bridgehead atoms. The summed E-state index contributed by atoms with van der Waals surface area (Å²) in [6.07, 6.45) is 19.4. The number of hydrogen-bond acceptors (Lipinski definition) is 4. The van der Waals surface area contributed by atoms with Crippen LogP contribution in [0.3, 0.4) is 0 Å². The van der Waals surface area contributed by atoms with Gasteiger partial charge in [0, 0.05) is 0 Å². The molecule has 0 heterocycles. The van der Waals surface area contributed by atoms with Crippen molar-refractivity contribution in [2.24, 2.45) is 0 Å². The molecule has 5 heteroatoms. The quantitative estimate of drug-likeness (QED) is 0.109. The first-order chi connectivity index (χ1) is 14.2. The average molecular weight is 453 g/mol. The molecule has 4 nitrogen and oxygen atoms in total. The van der Waals surface area contributed by atoms with Crippen LogP contribution in [-0.4, -0.2) is 26.4 Å². The van der Waals surface area contributed by atoms with E-state index >= 15 is 0 Å². The van der Waals surface area contributed by atoms with E-state index in [2.05, 4.69) is 27.7 Å². The molecule has 0 aromatic carbocycles. The molecule has 176 valence electrons. The van der Waals surface area contributed by atoms with Crippen molar-refractivity contribution >= 4 is 0 Å². The Morgan fingerprint density at radius 3 is 0.966 bits per heavy atom. The zero-order chi connectivity index (χ0) is 21.5. The Hall–Kier alpha value is 0.554. The SMILES string of the molecule is CCCCCCCC[O][Ti]([O]CCCC)([O]CCCC)[O]CCCCCCCC. The first-order valence-electron chi connectivity index (χ1n) is 12.8. The zero-order valence-corrected chi connectivity index (χ0v) is 21.8. The maximum absolute atomic E-state index is 6.30. The molecular formula is C24H52O4Ti. The van der Waals surface area contributed by atoms with Gasteiger partial charge in [-0.2, -0.15) is 0 Å². The third kappa shape index (κ3) is 19.0. The molecule has 0 spiro atoms. The average Bonchev–Trinajstić information content (AvgIpc) is 2.73. The molecule has 0 saturated carbocycles. The van der Waals surface area contributed by atoms with E-state index in [1.54, 1.807) is 0 Å². The van der Waals surface area contributed by atoms with E-state index in [0.29, 0.717) is 26.4 Å². The summed E-state index contributed by atoms with van der Waals surface area (Å²) in [6.45, 7) is 11.7. The molecule has 0 aliphatic rings. The van der Waals surface area contributed by atoms with Crippen molar-refractivity contribution in [1.82, 2.24) is 0 Å². The Labute approximate surface area is 188 Å². The van der Waals surface area contributed by atoms with Crippen LogP contribution in [0.2, 0.25) is 0 Å². The summed E-state index contributed by atoms with van der Waals surface area (Å²) in [4.78, 5) is 0. The molecule has 29 heavy (non-hydrogen) atoms. The molecule has 0 unspecified atom stereocenters. The van der Waals surface area contributed by atoms with Crippen LogP contribution in [0.15, 0.2) is 0 Å². The molecule has 0 aliphatic heterocycles. The normalized spacial score (nSPS) is 12.0. The minimum atomic E-state index is -3.62. The van der Waals surface area contributed by atoms with Gasteiger partial charge in [-0.15, -0.1) is 0 Å². The molecule has 0 saturated heterocycles. The van der Waals surface area contributed by atoms with Gasteiger partial charge in [-0.05, 0) is 0 Å². The van der Waals surface area contributed by atoms with Gasteiger partial charge in [0.15, 0.2) is 0 Å². The monoisotopic (exact) mass is 452 g/mol. The van der Waals surface area contributed by atoms with Gasteiger partial charge in [-0.3, -0.25) is 0 Å². The molecule has 0 N–H and O–H groups in total. The van der Waals surface area contributed by atoms with Gasteiger partial charge in [-0.1, -0.05) is 0 Å². The van der Waals surface area contributed by atoms with E-state index in [0.717, 1.165) is 38.5 Å². The molecule has 0 atom stereocenters. The first kappa shape index (κ1) is 29.6. The summed E-state index contributed by atoms with van der Waals surface area (Å²) < 4.78 is 25.0. The third-order valence-electron chi connectivity index (χ3n) is 5.11. The van der Waals surface area contributed by atoms with Gasteiger partial charge in [0.25, 0.3) is 0 Å². The molecular weight excluding hydrogens is 400 g/mol. The molecule has 0 rings (SSSR count). The van der Waals surface area contributed by atoms with Crippen LogP contribution in [0.5, 0.6) is 0 Å². The van der Waals surface area contributed by atoms with Gasteiger partial charge in [0.05, 0.1) is 0 Å². The van der Waals surface area contributed by atoms with Crippen molar-refractivity contribution < 1.29 is 31.4 Å². The fraction of sp³-hybridized carbons (Fsp3) is 1.00. The van der Waals surface area contributed by atoms with E-state index in [1.165, 1.54) is 64.2 Å². The van der Waals surface area contributed by atoms with Crippen molar-refractivity contribution in [3.8, 4) is 0 Å². The molecule has 0 amide bonds. The summed E-state index contributed by atoms with van der Waals surface area (Å²) in [7, 11) is 0. The van der Waals surface area contributed by atoms with Crippen molar-refractivity contribution in [1.29, 1.82) is 0 Å². The second-order valence-electron chi connectivity index (χ2n) is 8.14. The molecule has 0 fully saturated rings. The van der Waals surface area contributed by atoms with E-state index in [-0.39, 0.29) is 0 Å². The third-order valence-corrected chi connectivity index (χ3v) is 8.59. The van der Waals surface area contributed by atoms with Crippen molar-refractivity contribution in [2.45, 2.75) is 130 Å². The Balaban J connectivity index is 4.48. The summed E-state index contributed by atoms with van der Waals surface area (Å²) in [5.41, 5.74) is 0. The van der Waals surface area contributed by atoms with Crippen LogP contribution in [0.4, 0.5) is 0 Å². The van der Waals surface area contributed by atoms with Crippen molar-refractivity contribution in [3.63, 3.8) is 0 Å². The van der Waals surface area contributed by atoms with Crippen molar-refractivity contribution in [3.05, 3.63) is 0 Å². The van der Waals surface area contributed by atoms with E-state index < -0.39 is 18.1 Å². The Morgan fingerprint density at radius 1 is 0.345 bits per heavy atom. The fourth-order valence-electron chi connectivity index (χ4n) is 3.09. The van der Waals surface area contributed by atoms with Gasteiger partial charge in [-0.25, -0.2) is 0 Å². The number of unbranched alkanes of at least 4 members (excludes halogenated alkanes) is 12. The van der Waals surface area contributed by atoms with Gasteiger partial charge in [0.1, 0.15) is 0 Å². The van der Waals surface area contributed by atoms with Gasteiger partial charge < -0.3 is 0 Å². The van der Waals surface area contributed by atoms with Crippen LogP contribution in [0.25, 0.3) is 0 Å². The number of rotatable bonds is 24. The van der Waals surface area contributed by atoms with E-state index in [1.807, 2.05) is 0 Å². The predicted molar refractivity (Wildman–Crippen MR) is 120 cm³/mol. The Morgan fingerprint density at radius 2 is 0.621 bits per heavy atom. The zero-order valence-electron chi connectivity index (χ0n) is 20.3. The van der Waals surface area contributed by atoms with E-state index in [9.17, 15) is 0 Å². The minimum absolute atomic E-state index is 0.690. The van der Waals surface area contributed by atoms with Crippen LogP contribution >= 0.6 is 0 Å². The first-order valence-corrected chi connectivity index (χ1v) is 15.3. The second kappa shape index (κ2) is 23.2. The summed E-state index contributed by atoms with van der Waals surface area (Å²) in [5.74, 6) is 0. The Bertz CT molecular complexity index is 285. The van der Waals surface area contributed by atoms with Crippen LogP contribution in [0.1, 0.15) is 130 Å². The topological polar surface area (TPSA) is 36.9 Å². The summed E-state index contributed by atoms with van der Waals surface area (Å²) >= 11 is -3.62. The van der Waals surface area contributed by atoms with Crippen LogP contribution in [0, 0.1) is 0 Å². The fourth-order valence-corrected chi connectivity index (χ4v) is 6.34. The standard InChI is InChI=1S/2C8H17O.2C4H9O.Ti/c2*1-2-3-4-5-6-7-8-9;2*1-2-3-4-5;/h2*2-8H2,1H3;2*2-4H2,1H3;/q4*-1;+4. The summed E-state index contributed by atoms with van der Waals surface area (Å²) in [6, 6.07) is 0. The van der Waals surface area contributed by atoms with Gasteiger partial charge >= 0.3 is 188 Å². The number of hydrogen-bond donors (Lipinski definition) is 0. The van der Waals surface area contributed by atoms with Crippen LogP contribution in [-0.2, 0) is 31.4 Å². The van der Waals surface area contributed by atoms with E-state index in [4.69, 9.17) is 13.3 Å². The Kier molecular flexibility index (Phi) is 23.7. The van der Waals surface area contributed by atoms with Gasteiger partial charge in [0.2, 0.25) is 0 Å². The molecule has 0 aromatic rings. The van der Waals surface area contributed by atoms with Crippen molar-refractivity contribution in [2.75, 3.05) is 26.4 Å².